The van der Waals surface area contributed by atoms with Crippen molar-refractivity contribution in [2.45, 2.75) is 27.2 Å². The van der Waals surface area contributed by atoms with Gasteiger partial charge >= 0.3 is 0 Å². The predicted molar refractivity (Wildman–Crippen MR) is 70.9 cm³/mol. The van der Waals surface area contributed by atoms with Crippen molar-refractivity contribution < 1.29 is 14.0 Å². The van der Waals surface area contributed by atoms with E-state index in [0.29, 0.717) is 0 Å². The number of halogens is 1. The molecule has 1 atom stereocenters. The number of imide groups is 1. The van der Waals surface area contributed by atoms with E-state index in [1.807, 2.05) is 13.8 Å². The summed E-state index contributed by atoms with van der Waals surface area (Å²) >= 11 is 0. The smallest absolute Gasteiger partial charge is 0.240 e. The molecule has 1 aromatic carbocycles. The Morgan fingerprint density at radius 1 is 1.37 bits per heavy atom. The summed E-state index contributed by atoms with van der Waals surface area (Å²) in [6, 6.07) is 3.67. The maximum Gasteiger partial charge on any atom is 0.240 e. The van der Waals surface area contributed by atoms with Gasteiger partial charge in [0.15, 0.2) is 0 Å². The Labute approximate surface area is 111 Å². The third-order valence-corrected chi connectivity index (χ3v) is 3.96. The fourth-order valence-electron chi connectivity index (χ4n) is 2.26. The van der Waals surface area contributed by atoms with E-state index in [4.69, 9.17) is 5.73 Å². The van der Waals surface area contributed by atoms with Gasteiger partial charge in [0.2, 0.25) is 11.8 Å². The highest BCUT2D eigenvalue weighted by atomic mass is 19.1. The van der Waals surface area contributed by atoms with E-state index >= 15 is 0 Å². The zero-order chi connectivity index (χ0) is 14.4. The standard InChI is InChI=1S/C14H17FN2O2/c1-8(2)14(3)7-12(18)17(13(14)19)11-5-4-9(15)6-10(11)16/h4-6,8H,7,16H2,1-3H3. The quantitative estimate of drug-likeness (QED) is 0.658. The molecule has 2 N–H and O–H groups in total. The van der Waals surface area contributed by atoms with Gasteiger partial charge in [0.05, 0.1) is 16.8 Å². The molecule has 1 aromatic rings. The topological polar surface area (TPSA) is 63.4 Å². The Bertz CT molecular complexity index is 556. The fraction of sp³-hybridized carbons (Fsp3) is 0.429. The van der Waals surface area contributed by atoms with Crippen LogP contribution in [-0.2, 0) is 9.59 Å². The van der Waals surface area contributed by atoms with Crippen molar-refractivity contribution in [2.75, 3.05) is 10.6 Å². The molecule has 1 unspecified atom stereocenters. The van der Waals surface area contributed by atoms with Crippen LogP contribution < -0.4 is 10.6 Å². The Balaban J connectivity index is 2.46. The molecular weight excluding hydrogens is 247 g/mol. The second-order valence-electron chi connectivity index (χ2n) is 5.49. The minimum Gasteiger partial charge on any atom is -0.397 e. The highest BCUT2D eigenvalue weighted by Crippen LogP contribution is 2.42. The molecule has 2 amide bonds. The molecule has 0 bridgehead atoms. The molecule has 1 aliphatic rings. The summed E-state index contributed by atoms with van der Waals surface area (Å²) in [5.41, 5.74) is 5.34. The van der Waals surface area contributed by atoms with Gasteiger partial charge in [0, 0.05) is 6.42 Å². The molecule has 0 radical (unpaired) electrons. The average molecular weight is 264 g/mol. The number of nitrogens with zero attached hydrogens (tertiary/aromatic N) is 1. The first kappa shape index (κ1) is 13.5. The lowest BCUT2D eigenvalue weighted by Crippen LogP contribution is -2.37. The second kappa shape index (κ2) is 4.33. The highest BCUT2D eigenvalue weighted by Gasteiger charge is 2.50. The minimum atomic E-state index is -0.724. The van der Waals surface area contributed by atoms with Gasteiger partial charge in [-0.25, -0.2) is 9.29 Å². The van der Waals surface area contributed by atoms with Crippen LogP contribution in [0, 0.1) is 17.2 Å². The van der Waals surface area contributed by atoms with Crippen LogP contribution in [-0.4, -0.2) is 11.8 Å². The van der Waals surface area contributed by atoms with E-state index < -0.39 is 11.2 Å². The molecule has 4 nitrogen and oxygen atoms in total. The number of hydrogen-bond donors (Lipinski definition) is 1. The summed E-state index contributed by atoms with van der Waals surface area (Å²) in [7, 11) is 0. The Morgan fingerprint density at radius 3 is 2.47 bits per heavy atom. The zero-order valence-corrected chi connectivity index (χ0v) is 11.2. The van der Waals surface area contributed by atoms with E-state index in [-0.39, 0.29) is 35.5 Å². The normalized spacial score (nSPS) is 23.5. The van der Waals surface area contributed by atoms with Crippen LogP contribution in [0.5, 0.6) is 0 Å². The lowest BCUT2D eigenvalue weighted by atomic mass is 9.78. The summed E-state index contributed by atoms with van der Waals surface area (Å²) in [5.74, 6) is -1.02. The number of benzene rings is 1. The number of hydrogen-bond acceptors (Lipinski definition) is 3. The monoisotopic (exact) mass is 264 g/mol. The third kappa shape index (κ3) is 1.99. The molecule has 2 rings (SSSR count). The van der Waals surface area contributed by atoms with Gasteiger partial charge in [-0.15, -0.1) is 0 Å². The molecule has 19 heavy (non-hydrogen) atoms. The van der Waals surface area contributed by atoms with Crippen molar-refractivity contribution in [1.29, 1.82) is 0 Å². The van der Waals surface area contributed by atoms with E-state index in [0.717, 1.165) is 11.0 Å². The summed E-state index contributed by atoms with van der Waals surface area (Å²) in [5, 5.41) is 0. The third-order valence-electron chi connectivity index (χ3n) is 3.96. The number of anilines is 2. The van der Waals surface area contributed by atoms with Gasteiger partial charge < -0.3 is 5.73 Å². The first-order valence-corrected chi connectivity index (χ1v) is 6.20. The summed E-state index contributed by atoms with van der Waals surface area (Å²) < 4.78 is 13.0. The maximum absolute atomic E-state index is 13.0. The first-order chi connectivity index (χ1) is 8.77. The predicted octanol–water partition coefficient (Wildman–Crippen LogP) is 2.33. The fourth-order valence-corrected chi connectivity index (χ4v) is 2.26. The molecule has 0 saturated carbocycles. The van der Waals surface area contributed by atoms with Gasteiger partial charge in [-0.2, -0.15) is 0 Å². The molecule has 1 heterocycles. The average Bonchev–Trinajstić information content (AvgIpc) is 2.53. The number of nitrogens with two attached hydrogens (primary N) is 1. The lowest BCUT2D eigenvalue weighted by molar-refractivity contribution is -0.126. The second-order valence-corrected chi connectivity index (χ2v) is 5.49. The summed E-state index contributed by atoms with van der Waals surface area (Å²) in [6.45, 7) is 5.59. The van der Waals surface area contributed by atoms with Crippen LogP contribution in [0.2, 0.25) is 0 Å². The molecule has 1 aliphatic heterocycles. The van der Waals surface area contributed by atoms with Crippen molar-refractivity contribution in [3.8, 4) is 0 Å². The van der Waals surface area contributed by atoms with Gasteiger partial charge in [-0.1, -0.05) is 13.8 Å². The van der Waals surface area contributed by atoms with E-state index in [2.05, 4.69) is 0 Å². The van der Waals surface area contributed by atoms with Gasteiger partial charge in [0.25, 0.3) is 0 Å². The highest BCUT2D eigenvalue weighted by molar-refractivity contribution is 6.23. The van der Waals surface area contributed by atoms with E-state index in [1.54, 1.807) is 6.92 Å². The number of carbonyl (C=O) groups excluding carboxylic acids is 2. The van der Waals surface area contributed by atoms with E-state index in [1.165, 1.54) is 12.1 Å². The number of amides is 2. The van der Waals surface area contributed by atoms with Crippen LogP contribution in [0.1, 0.15) is 27.2 Å². The van der Waals surface area contributed by atoms with Crippen molar-refractivity contribution in [1.82, 2.24) is 0 Å². The van der Waals surface area contributed by atoms with Gasteiger partial charge in [-0.3, -0.25) is 9.59 Å². The molecular formula is C14H17FN2O2. The molecule has 1 fully saturated rings. The van der Waals surface area contributed by atoms with Crippen molar-refractivity contribution in [3.63, 3.8) is 0 Å². The Kier molecular flexibility index (Phi) is 3.08. The van der Waals surface area contributed by atoms with Crippen molar-refractivity contribution in [2.24, 2.45) is 11.3 Å². The summed E-state index contributed by atoms with van der Waals surface area (Å²) in [6.07, 6.45) is 0.153. The maximum atomic E-state index is 13.0. The SMILES string of the molecule is CC(C)C1(C)CC(=O)N(c2ccc(F)cc2N)C1=O. The molecule has 0 aromatic heterocycles. The minimum absolute atomic E-state index is 0.0376. The zero-order valence-electron chi connectivity index (χ0n) is 11.2. The van der Waals surface area contributed by atoms with Crippen LogP contribution in [0.25, 0.3) is 0 Å². The first-order valence-electron chi connectivity index (χ1n) is 6.20. The van der Waals surface area contributed by atoms with Crippen LogP contribution in [0.3, 0.4) is 0 Å². The molecule has 102 valence electrons. The van der Waals surface area contributed by atoms with E-state index in [9.17, 15) is 14.0 Å². The van der Waals surface area contributed by atoms with Gasteiger partial charge in [-0.05, 0) is 31.0 Å². The largest absolute Gasteiger partial charge is 0.397 e. The molecule has 1 saturated heterocycles. The van der Waals surface area contributed by atoms with Crippen LogP contribution >= 0.6 is 0 Å². The Hall–Kier alpha value is -1.91. The molecule has 0 aliphatic carbocycles. The lowest BCUT2D eigenvalue weighted by Gasteiger charge is -2.26. The van der Waals surface area contributed by atoms with Crippen LogP contribution in [0.15, 0.2) is 18.2 Å². The van der Waals surface area contributed by atoms with Gasteiger partial charge in [0.1, 0.15) is 5.82 Å². The molecule has 0 spiro atoms. The number of carbonyl (C=O) groups is 2. The number of nitrogen functional groups attached to an aromatic ring is 1. The van der Waals surface area contributed by atoms with Crippen molar-refractivity contribution >= 4 is 23.2 Å². The molecule has 5 heteroatoms. The van der Waals surface area contributed by atoms with Crippen LogP contribution in [0.4, 0.5) is 15.8 Å². The number of rotatable bonds is 2. The van der Waals surface area contributed by atoms with Crippen molar-refractivity contribution in [3.05, 3.63) is 24.0 Å². The summed E-state index contributed by atoms with van der Waals surface area (Å²) in [4.78, 5) is 25.6. The Morgan fingerprint density at radius 2 is 2.00 bits per heavy atom.